The molecule has 0 bridgehead atoms. The highest BCUT2D eigenvalue weighted by atomic mass is 16.5. The quantitative estimate of drug-likeness (QED) is 0.766. The Bertz CT molecular complexity index is 422. The number of ether oxygens (including phenoxy) is 1. The molecule has 0 atom stereocenters. The van der Waals surface area contributed by atoms with Gasteiger partial charge in [-0.3, -0.25) is 0 Å². The molecule has 0 saturated heterocycles. The van der Waals surface area contributed by atoms with Crippen molar-refractivity contribution in [2.75, 3.05) is 14.2 Å². The lowest BCUT2D eigenvalue weighted by molar-refractivity contribution is 0.407. The number of methoxy groups -OCH3 is 1. The Balaban J connectivity index is 3.21. The normalized spacial score (nSPS) is 11.5. The van der Waals surface area contributed by atoms with Crippen LogP contribution >= 0.6 is 0 Å². The molecule has 0 unspecified atom stereocenters. The maximum Gasteiger partial charge on any atom is 0.122 e. The zero-order valence-corrected chi connectivity index (χ0v) is 10.9. The van der Waals surface area contributed by atoms with E-state index in [2.05, 4.69) is 25.2 Å². The molecule has 0 aliphatic rings. The van der Waals surface area contributed by atoms with Crippen LogP contribution in [0.4, 0.5) is 0 Å². The van der Waals surface area contributed by atoms with E-state index < -0.39 is 0 Å². The molecule has 92 valence electrons. The van der Waals surface area contributed by atoms with E-state index in [1.54, 1.807) is 13.3 Å². The molecule has 0 saturated carbocycles. The molecular weight excluding hydrogens is 212 g/mol. The van der Waals surface area contributed by atoms with Gasteiger partial charge in [0.05, 0.1) is 7.11 Å². The van der Waals surface area contributed by atoms with E-state index in [1.165, 1.54) is 11.8 Å². The van der Waals surface area contributed by atoms with Crippen molar-refractivity contribution in [3.05, 3.63) is 35.5 Å². The summed E-state index contributed by atoms with van der Waals surface area (Å²) in [5.74, 6) is 1.30. The second-order valence-electron chi connectivity index (χ2n) is 4.14. The first-order chi connectivity index (χ1) is 8.13. The van der Waals surface area contributed by atoms with Gasteiger partial charge in [-0.25, -0.2) is 0 Å². The first-order valence-electron chi connectivity index (χ1n) is 5.70. The van der Waals surface area contributed by atoms with Gasteiger partial charge in [-0.05, 0) is 23.1 Å². The van der Waals surface area contributed by atoms with Crippen LogP contribution < -0.4 is 10.1 Å². The predicted molar refractivity (Wildman–Crippen MR) is 72.9 cm³/mol. The van der Waals surface area contributed by atoms with Crippen molar-refractivity contribution in [3.8, 4) is 5.75 Å². The van der Waals surface area contributed by atoms with Crippen molar-refractivity contribution < 1.29 is 4.74 Å². The molecule has 1 rings (SSSR count). The van der Waals surface area contributed by atoms with Gasteiger partial charge in [0.15, 0.2) is 0 Å². The molecule has 0 amide bonds. The number of hydrogen-bond acceptors (Lipinski definition) is 3. The van der Waals surface area contributed by atoms with Crippen LogP contribution in [0.1, 0.15) is 30.9 Å². The highest BCUT2D eigenvalue weighted by Crippen LogP contribution is 2.29. The van der Waals surface area contributed by atoms with Gasteiger partial charge in [-0.2, -0.15) is 0 Å². The van der Waals surface area contributed by atoms with Gasteiger partial charge < -0.3 is 15.5 Å². The molecule has 1 aromatic rings. The third-order valence-corrected chi connectivity index (χ3v) is 2.64. The van der Waals surface area contributed by atoms with Crippen LogP contribution in [-0.4, -0.2) is 20.4 Å². The Morgan fingerprint density at radius 1 is 1.41 bits per heavy atom. The van der Waals surface area contributed by atoms with Gasteiger partial charge >= 0.3 is 0 Å². The molecular formula is C14H20N2O. The fourth-order valence-electron chi connectivity index (χ4n) is 1.73. The van der Waals surface area contributed by atoms with Crippen molar-refractivity contribution in [2.45, 2.75) is 19.8 Å². The second-order valence-corrected chi connectivity index (χ2v) is 4.14. The average molecular weight is 232 g/mol. The summed E-state index contributed by atoms with van der Waals surface area (Å²) in [5, 5.41) is 10.3. The molecule has 2 N–H and O–H groups in total. The van der Waals surface area contributed by atoms with E-state index in [0.29, 0.717) is 5.92 Å². The number of allylic oxidation sites excluding steroid dienone is 1. The van der Waals surface area contributed by atoms with E-state index in [9.17, 15) is 0 Å². The van der Waals surface area contributed by atoms with Crippen molar-refractivity contribution in [1.82, 2.24) is 5.32 Å². The fraction of sp³-hybridized carbons (Fsp3) is 0.357. The summed E-state index contributed by atoms with van der Waals surface area (Å²) in [7, 11) is 3.50. The molecule has 3 nitrogen and oxygen atoms in total. The lowest BCUT2D eigenvalue weighted by Crippen LogP contribution is -1.99. The Hall–Kier alpha value is -1.77. The molecule has 0 aliphatic carbocycles. The minimum Gasteiger partial charge on any atom is -0.496 e. The third-order valence-electron chi connectivity index (χ3n) is 2.64. The maximum atomic E-state index is 7.39. The van der Waals surface area contributed by atoms with Crippen LogP contribution in [0.3, 0.4) is 0 Å². The fourth-order valence-corrected chi connectivity index (χ4v) is 1.73. The average Bonchev–Trinajstić information content (AvgIpc) is 2.34. The zero-order chi connectivity index (χ0) is 12.8. The Labute approximate surface area is 103 Å². The van der Waals surface area contributed by atoms with Crippen LogP contribution in [0.5, 0.6) is 5.75 Å². The predicted octanol–water partition coefficient (Wildman–Crippen LogP) is 3.03. The van der Waals surface area contributed by atoms with Gasteiger partial charge in [-0.15, -0.1) is 0 Å². The highest BCUT2D eigenvalue weighted by molar-refractivity contribution is 6.08. The van der Waals surface area contributed by atoms with Crippen molar-refractivity contribution in [1.29, 1.82) is 5.41 Å². The smallest absolute Gasteiger partial charge is 0.122 e. The highest BCUT2D eigenvalue weighted by Gasteiger charge is 2.09. The van der Waals surface area contributed by atoms with Crippen LogP contribution in [-0.2, 0) is 0 Å². The molecule has 0 aromatic heterocycles. The monoisotopic (exact) mass is 232 g/mol. The summed E-state index contributed by atoms with van der Waals surface area (Å²) in [4.78, 5) is 0. The summed E-state index contributed by atoms with van der Waals surface area (Å²) in [6.07, 6.45) is 3.14. The van der Waals surface area contributed by atoms with Gasteiger partial charge in [0.1, 0.15) is 5.75 Å². The lowest BCUT2D eigenvalue weighted by atomic mass is 9.98. The molecule has 0 aliphatic heterocycles. The first kappa shape index (κ1) is 13.3. The molecule has 0 heterocycles. The number of nitrogens with one attached hydrogen (secondary N) is 2. The summed E-state index contributed by atoms with van der Waals surface area (Å²) < 4.78 is 5.40. The van der Waals surface area contributed by atoms with Gasteiger partial charge in [0.25, 0.3) is 0 Å². The SMILES string of the molecule is CN/C=C(\C=N)c1ccc(C(C)C)c(OC)c1. The summed E-state index contributed by atoms with van der Waals surface area (Å²) in [6, 6.07) is 6.06. The standard InChI is InChI=1S/C14H20N2O/c1-10(2)13-6-5-11(7-14(13)17-4)12(8-15)9-16-3/h5-10,15-16H,1-4H3/b12-9+,15-8?. The minimum atomic E-state index is 0.427. The van der Waals surface area contributed by atoms with Crippen LogP contribution in [0, 0.1) is 5.41 Å². The van der Waals surface area contributed by atoms with Crippen molar-refractivity contribution >= 4 is 11.8 Å². The number of benzene rings is 1. The summed E-state index contributed by atoms with van der Waals surface area (Å²) >= 11 is 0. The van der Waals surface area contributed by atoms with Crippen LogP contribution in [0.2, 0.25) is 0 Å². The van der Waals surface area contributed by atoms with Gasteiger partial charge in [0, 0.05) is 25.0 Å². The Morgan fingerprint density at radius 2 is 2.12 bits per heavy atom. The maximum absolute atomic E-state index is 7.39. The van der Waals surface area contributed by atoms with Crippen LogP contribution in [0.25, 0.3) is 5.57 Å². The van der Waals surface area contributed by atoms with Crippen molar-refractivity contribution in [3.63, 3.8) is 0 Å². The molecule has 0 spiro atoms. The molecule has 3 heteroatoms. The summed E-state index contributed by atoms with van der Waals surface area (Å²) in [6.45, 7) is 4.27. The van der Waals surface area contributed by atoms with Gasteiger partial charge in [0.2, 0.25) is 0 Å². The van der Waals surface area contributed by atoms with E-state index in [0.717, 1.165) is 16.9 Å². The third kappa shape index (κ3) is 3.09. The number of rotatable bonds is 5. The van der Waals surface area contributed by atoms with E-state index in [4.69, 9.17) is 10.1 Å². The van der Waals surface area contributed by atoms with Crippen molar-refractivity contribution in [2.24, 2.45) is 0 Å². The number of hydrogen-bond donors (Lipinski definition) is 2. The van der Waals surface area contributed by atoms with E-state index >= 15 is 0 Å². The van der Waals surface area contributed by atoms with Gasteiger partial charge in [-0.1, -0.05) is 26.0 Å². The summed E-state index contributed by atoms with van der Waals surface area (Å²) in [5.41, 5.74) is 3.00. The molecule has 17 heavy (non-hydrogen) atoms. The minimum absolute atomic E-state index is 0.427. The Morgan fingerprint density at radius 3 is 2.59 bits per heavy atom. The van der Waals surface area contributed by atoms with Crippen LogP contribution in [0.15, 0.2) is 24.4 Å². The van der Waals surface area contributed by atoms with E-state index in [-0.39, 0.29) is 0 Å². The second kappa shape index (κ2) is 6.09. The molecule has 0 fully saturated rings. The molecule has 0 radical (unpaired) electrons. The zero-order valence-electron chi connectivity index (χ0n) is 10.9. The lowest BCUT2D eigenvalue weighted by Gasteiger charge is -2.13. The Kier molecular flexibility index (Phi) is 4.76. The first-order valence-corrected chi connectivity index (χ1v) is 5.70. The topological polar surface area (TPSA) is 45.1 Å². The largest absolute Gasteiger partial charge is 0.496 e. The molecule has 1 aromatic carbocycles. The van der Waals surface area contributed by atoms with E-state index in [1.807, 2.05) is 19.2 Å².